The van der Waals surface area contributed by atoms with Gasteiger partial charge in [0.2, 0.25) is 0 Å². The molecule has 0 spiro atoms. The van der Waals surface area contributed by atoms with Crippen LogP contribution in [0.2, 0.25) is 0 Å². The first kappa shape index (κ1) is 24.2. The van der Waals surface area contributed by atoms with Crippen LogP contribution in [0, 0.1) is 11.8 Å². The zero-order valence-electron chi connectivity index (χ0n) is 23.1. The molecule has 0 nitrogen and oxygen atoms in total. The fraction of sp³-hybridized carbons (Fsp3) is 0.100. The smallest absolute Gasteiger partial charge is 0.0406 e. The molecule has 0 aliphatic rings. The monoisotopic (exact) mass is 510 g/mol. The Kier molecular flexibility index (Phi) is 5.69. The highest BCUT2D eigenvalue weighted by Gasteiger charge is 2.16. The van der Waals surface area contributed by atoms with Gasteiger partial charge in [0.15, 0.2) is 0 Å². The minimum Gasteiger partial charge on any atom is -0.0616 e. The average Bonchev–Trinajstić information content (AvgIpc) is 2.98. The van der Waals surface area contributed by atoms with E-state index in [9.17, 15) is 0 Å². The van der Waals surface area contributed by atoms with Crippen LogP contribution in [0.3, 0.4) is 0 Å². The molecule has 0 unspecified atom stereocenters. The maximum absolute atomic E-state index is 3.61. The van der Waals surface area contributed by atoms with Crippen molar-refractivity contribution in [2.45, 2.75) is 26.2 Å². The molecule has 0 bridgehead atoms. The van der Waals surface area contributed by atoms with E-state index < -0.39 is 0 Å². The second kappa shape index (κ2) is 9.41. The summed E-state index contributed by atoms with van der Waals surface area (Å²) < 4.78 is 0. The fourth-order valence-electron chi connectivity index (χ4n) is 5.94. The molecule has 40 heavy (non-hydrogen) atoms. The van der Waals surface area contributed by atoms with Gasteiger partial charge in [0.05, 0.1) is 0 Å². The van der Waals surface area contributed by atoms with Crippen LogP contribution in [0.15, 0.2) is 127 Å². The Morgan fingerprint density at radius 2 is 1.00 bits per heavy atom. The predicted molar refractivity (Wildman–Crippen MR) is 173 cm³/mol. The number of hydrogen-bond donors (Lipinski definition) is 0. The standard InChI is InChI=1S/C40H30/c1-40(2,3)31-22-20-29(21-23-31)39-37-14-8-6-12-34(37)36(35-13-7-9-15-38(35)39)25-17-27-16-24-33-30(26-27)19-18-28-10-4-5-11-32(28)33/h4-16,18-24,26H,1-3H3. The predicted octanol–water partition coefficient (Wildman–Crippen LogP) is 10.7. The first-order valence-corrected chi connectivity index (χ1v) is 14.0. The summed E-state index contributed by atoms with van der Waals surface area (Å²) in [4.78, 5) is 0. The molecular formula is C40H30. The van der Waals surface area contributed by atoms with Crippen LogP contribution in [0.1, 0.15) is 37.5 Å². The third kappa shape index (κ3) is 4.12. The van der Waals surface area contributed by atoms with Crippen molar-refractivity contribution < 1.29 is 0 Å². The molecule has 0 aliphatic heterocycles. The van der Waals surface area contributed by atoms with E-state index in [0.717, 1.165) is 11.1 Å². The van der Waals surface area contributed by atoms with Gasteiger partial charge in [-0.25, -0.2) is 0 Å². The highest BCUT2D eigenvalue weighted by atomic mass is 14.2. The number of rotatable bonds is 1. The van der Waals surface area contributed by atoms with E-state index in [0.29, 0.717) is 0 Å². The lowest BCUT2D eigenvalue weighted by molar-refractivity contribution is 0.590. The molecule has 0 aromatic heterocycles. The van der Waals surface area contributed by atoms with E-state index in [4.69, 9.17) is 0 Å². The third-order valence-electron chi connectivity index (χ3n) is 8.05. The molecule has 0 heteroatoms. The van der Waals surface area contributed by atoms with Crippen molar-refractivity contribution in [2.75, 3.05) is 0 Å². The maximum Gasteiger partial charge on any atom is 0.0406 e. The Hall–Kier alpha value is -4.86. The van der Waals surface area contributed by atoms with Crippen molar-refractivity contribution in [1.29, 1.82) is 0 Å². The SMILES string of the molecule is CC(C)(C)c1ccc(-c2c3ccccc3c(C#Cc3ccc4c(ccc5ccccc54)c3)c3ccccc23)cc1. The summed E-state index contributed by atoms with van der Waals surface area (Å²) in [5, 5.41) is 9.88. The maximum atomic E-state index is 3.61. The lowest BCUT2D eigenvalue weighted by atomic mass is 9.84. The molecule has 7 rings (SSSR count). The second-order valence-electron chi connectivity index (χ2n) is 11.6. The van der Waals surface area contributed by atoms with E-state index >= 15 is 0 Å². The highest BCUT2D eigenvalue weighted by Crippen LogP contribution is 2.39. The number of benzene rings is 7. The van der Waals surface area contributed by atoms with Gasteiger partial charge in [-0.1, -0.05) is 148 Å². The summed E-state index contributed by atoms with van der Waals surface area (Å²) in [6.07, 6.45) is 0. The molecule has 0 radical (unpaired) electrons. The quantitative estimate of drug-likeness (QED) is 0.117. The molecule has 0 atom stereocenters. The van der Waals surface area contributed by atoms with Crippen LogP contribution in [-0.4, -0.2) is 0 Å². The molecule has 0 fully saturated rings. The first-order chi connectivity index (χ1) is 19.5. The average molecular weight is 511 g/mol. The Balaban J connectivity index is 1.41. The van der Waals surface area contributed by atoms with Crippen LogP contribution in [0.5, 0.6) is 0 Å². The van der Waals surface area contributed by atoms with Gasteiger partial charge in [-0.2, -0.15) is 0 Å². The van der Waals surface area contributed by atoms with Gasteiger partial charge in [0.25, 0.3) is 0 Å². The zero-order valence-corrected chi connectivity index (χ0v) is 23.1. The molecule has 0 heterocycles. The molecule has 0 N–H and O–H groups in total. The van der Waals surface area contributed by atoms with E-state index in [1.54, 1.807) is 0 Å². The number of fused-ring (bicyclic) bond motifs is 5. The molecule has 0 saturated heterocycles. The first-order valence-electron chi connectivity index (χ1n) is 14.0. The van der Waals surface area contributed by atoms with Crippen molar-refractivity contribution in [3.05, 3.63) is 144 Å². The molecular weight excluding hydrogens is 480 g/mol. The Morgan fingerprint density at radius 1 is 0.450 bits per heavy atom. The summed E-state index contributed by atoms with van der Waals surface area (Å²) in [5.41, 5.74) is 6.09. The normalized spacial score (nSPS) is 11.7. The van der Waals surface area contributed by atoms with E-state index in [-0.39, 0.29) is 5.41 Å². The van der Waals surface area contributed by atoms with Crippen LogP contribution in [0.25, 0.3) is 54.2 Å². The van der Waals surface area contributed by atoms with Gasteiger partial charge < -0.3 is 0 Å². The summed E-state index contributed by atoms with van der Waals surface area (Å²) in [5.74, 6) is 7.13. The van der Waals surface area contributed by atoms with Gasteiger partial charge in [-0.15, -0.1) is 0 Å². The van der Waals surface area contributed by atoms with Crippen molar-refractivity contribution >= 4 is 43.1 Å². The van der Waals surface area contributed by atoms with E-state index in [2.05, 4.69) is 160 Å². The number of hydrogen-bond acceptors (Lipinski definition) is 0. The Labute approximate surface area is 235 Å². The van der Waals surface area contributed by atoms with Crippen molar-refractivity contribution in [3.8, 4) is 23.0 Å². The minimum atomic E-state index is 0.123. The van der Waals surface area contributed by atoms with Crippen molar-refractivity contribution in [3.63, 3.8) is 0 Å². The molecule has 190 valence electrons. The lowest BCUT2D eigenvalue weighted by Crippen LogP contribution is -2.10. The molecule has 7 aromatic rings. The lowest BCUT2D eigenvalue weighted by Gasteiger charge is -2.20. The van der Waals surface area contributed by atoms with Crippen molar-refractivity contribution in [2.24, 2.45) is 0 Å². The largest absolute Gasteiger partial charge is 0.0616 e. The summed E-state index contributed by atoms with van der Waals surface area (Å²) in [7, 11) is 0. The van der Waals surface area contributed by atoms with Crippen molar-refractivity contribution in [1.82, 2.24) is 0 Å². The summed E-state index contributed by atoms with van der Waals surface area (Å²) >= 11 is 0. The fourth-order valence-corrected chi connectivity index (χ4v) is 5.94. The van der Waals surface area contributed by atoms with Gasteiger partial charge in [0, 0.05) is 11.1 Å². The summed E-state index contributed by atoms with van der Waals surface area (Å²) in [6.45, 7) is 6.79. The second-order valence-corrected chi connectivity index (χ2v) is 11.6. The van der Waals surface area contributed by atoms with Crippen LogP contribution < -0.4 is 0 Å². The molecule has 0 aliphatic carbocycles. The minimum absolute atomic E-state index is 0.123. The Bertz CT molecular complexity index is 2070. The van der Waals surface area contributed by atoms with Crippen LogP contribution in [0.4, 0.5) is 0 Å². The molecule has 7 aromatic carbocycles. The highest BCUT2D eigenvalue weighted by molar-refractivity contribution is 6.16. The zero-order chi connectivity index (χ0) is 27.3. The topological polar surface area (TPSA) is 0 Å². The third-order valence-corrected chi connectivity index (χ3v) is 8.05. The van der Waals surface area contributed by atoms with Gasteiger partial charge in [0.1, 0.15) is 0 Å². The molecule has 0 saturated carbocycles. The van der Waals surface area contributed by atoms with Crippen LogP contribution >= 0.6 is 0 Å². The van der Waals surface area contributed by atoms with Gasteiger partial charge in [-0.05, 0) is 77.3 Å². The Morgan fingerprint density at radius 3 is 1.65 bits per heavy atom. The van der Waals surface area contributed by atoms with E-state index in [1.807, 2.05) is 0 Å². The van der Waals surface area contributed by atoms with Gasteiger partial charge >= 0.3 is 0 Å². The molecule has 0 amide bonds. The summed E-state index contributed by atoms with van der Waals surface area (Å²) in [6, 6.07) is 46.0. The van der Waals surface area contributed by atoms with E-state index in [1.165, 1.54) is 59.8 Å². The van der Waals surface area contributed by atoms with Crippen LogP contribution in [-0.2, 0) is 5.41 Å². The van der Waals surface area contributed by atoms with Gasteiger partial charge in [-0.3, -0.25) is 0 Å².